The first-order valence-electron chi connectivity index (χ1n) is 7.43. The monoisotopic (exact) mass is 376 g/mol. The van der Waals surface area contributed by atoms with E-state index in [0.717, 1.165) is 40.6 Å². The zero-order chi connectivity index (χ0) is 16.1. The fraction of sp³-hybridized carbons (Fsp3) is 0.312. The molecule has 0 radical (unpaired) electrons. The molecule has 0 fully saturated rings. The van der Waals surface area contributed by atoms with Gasteiger partial charge in [-0.3, -0.25) is 4.98 Å². The Morgan fingerprint density at radius 2 is 2.04 bits per heavy atom. The lowest BCUT2D eigenvalue weighted by atomic mass is 10.2. The number of aliphatic hydroxyl groups excluding tert-OH is 1. The first kappa shape index (κ1) is 15.9. The number of fused-ring (bicyclic) bond motifs is 1. The lowest BCUT2D eigenvalue weighted by Crippen LogP contribution is -2.05. The van der Waals surface area contributed by atoms with E-state index in [1.54, 1.807) is 23.1 Å². The highest BCUT2D eigenvalue weighted by Crippen LogP contribution is 2.23. The van der Waals surface area contributed by atoms with Crippen LogP contribution in [0.3, 0.4) is 0 Å². The van der Waals surface area contributed by atoms with Crippen LogP contribution < -0.4 is 4.74 Å². The Morgan fingerprint density at radius 3 is 2.83 bits per heavy atom. The highest BCUT2D eigenvalue weighted by molar-refractivity contribution is 9.10. The van der Waals surface area contributed by atoms with Crippen LogP contribution in [0.25, 0.3) is 5.65 Å². The molecule has 0 aliphatic rings. The molecule has 0 spiro atoms. The Balaban J connectivity index is 1.84. The first-order chi connectivity index (χ1) is 11.3. The molecule has 0 aliphatic heterocycles. The molecular formula is C16H17BrN4O2. The standard InChI is InChI=1S/C16H17BrN4O2/c17-14-10-19-21-15(23-11-12-4-6-18-7-5-12)9-13(20-16(14)21)3-1-2-8-22/h4-7,9-10,22H,1-3,8,11H2. The maximum absolute atomic E-state index is 8.92. The van der Waals surface area contributed by atoms with Gasteiger partial charge in [0.15, 0.2) is 5.65 Å². The Labute approximate surface area is 142 Å². The molecule has 3 aromatic heterocycles. The van der Waals surface area contributed by atoms with Crippen LogP contribution in [-0.4, -0.2) is 31.3 Å². The summed E-state index contributed by atoms with van der Waals surface area (Å²) in [5, 5.41) is 13.2. The number of halogens is 1. The molecule has 1 N–H and O–H groups in total. The highest BCUT2D eigenvalue weighted by Gasteiger charge is 2.11. The molecule has 0 aliphatic carbocycles. The fourth-order valence-corrected chi connectivity index (χ4v) is 2.59. The van der Waals surface area contributed by atoms with Crippen molar-refractivity contribution in [3.8, 4) is 5.88 Å². The van der Waals surface area contributed by atoms with Crippen LogP contribution in [0.4, 0.5) is 0 Å². The molecule has 6 nitrogen and oxygen atoms in total. The second kappa shape index (κ2) is 7.52. The van der Waals surface area contributed by atoms with E-state index in [-0.39, 0.29) is 6.61 Å². The molecule has 0 bridgehead atoms. The predicted octanol–water partition coefficient (Wildman–Crippen LogP) is 2.78. The normalized spacial score (nSPS) is 11.0. The van der Waals surface area contributed by atoms with Crippen molar-refractivity contribution in [2.75, 3.05) is 6.61 Å². The predicted molar refractivity (Wildman–Crippen MR) is 89.3 cm³/mol. The molecule has 3 heterocycles. The maximum Gasteiger partial charge on any atom is 0.218 e. The Bertz CT molecular complexity index is 776. The van der Waals surface area contributed by atoms with Crippen LogP contribution >= 0.6 is 15.9 Å². The first-order valence-corrected chi connectivity index (χ1v) is 8.23. The van der Waals surface area contributed by atoms with Crippen LogP contribution in [0.15, 0.2) is 41.3 Å². The number of aryl methyl sites for hydroxylation is 1. The number of nitrogens with zero attached hydrogens (tertiary/aromatic N) is 4. The van der Waals surface area contributed by atoms with E-state index in [0.29, 0.717) is 12.5 Å². The Kier molecular flexibility index (Phi) is 5.19. The summed E-state index contributed by atoms with van der Waals surface area (Å²) in [7, 11) is 0. The van der Waals surface area contributed by atoms with Gasteiger partial charge in [-0.15, -0.1) is 0 Å². The summed E-state index contributed by atoms with van der Waals surface area (Å²) in [6.07, 6.45) is 7.63. The summed E-state index contributed by atoms with van der Waals surface area (Å²) in [4.78, 5) is 8.60. The molecule has 0 unspecified atom stereocenters. The molecule has 3 aromatic rings. The van der Waals surface area contributed by atoms with E-state index >= 15 is 0 Å². The van der Waals surface area contributed by atoms with E-state index in [1.807, 2.05) is 18.2 Å². The van der Waals surface area contributed by atoms with E-state index in [4.69, 9.17) is 9.84 Å². The molecule has 0 atom stereocenters. The number of hydrogen-bond acceptors (Lipinski definition) is 5. The number of aromatic nitrogens is 4. The molecule has 0 aromatic carbocycles. The summed E-state index contributed by atoms with van der Waals surface area (Å²) in [6, 6.07) is 5.74. The quantitative estimate of drug-likeness (QED) is 0.641. The topological polar surface area (TPSA) is 72.5 Å². The summed E-state index contributed by atoms with van der Waals surface area (Å²) >= 11 is 3.46. The zero-order valence-corrected chi connectivity index (χ0v) is 14.1. The van der Waals surface area contributed by atoms with Crippen LogP contribution in [0.5, 0.6) is 5.88 Å². The Hall–Kier alpha value is -1.99. The van der Waals surface area contributed by atoms with Gasteiger partial charge < -0.3 is 9.84 Å². The Morgan fingerprint density at radius 1 is 1.22 bits per heavy atom. The molecule has 7 heteroatoms. The number of aliphatic hydroxyl groups is 1. The van der Waals surface area contributed by atoms with Gasteiger partial charge in [0.2, 0.25) is 5.88 Å². The lowest BCUT2D eigenvalue weighted by molar-refractivity contribution is 0.282. The van der Waals surface area contributed by atoms with Crippen molar-refractivity contribution >= 4 is 21.6 Å². The van der Waals surface area contributed by atoms with Crippen molar-refractivity contribution in [3.63, 3.8) is 0 Å². The SMILES string of the molecule is OCCCCc1cc(OCc2ccncc2)n2ncc(Br)c2n1. The molecule has 23 heavy (non-hydrogen) atoms. The average Bonchev–Trinajstić information content (AvgIpc) is 2.95. The van der Waals surface area contributed by atoms with E-state index in [1.165, 1.54) is 0 Å². The number of ether oxygens (including phenoxy) is 1. The number of hydrogen-bond donors (Lipinski definition) is 1. The van der Waals surface area contributed by atoms with Crippen molar-refractivity contribution in [1.29, 1.82) is 0 Å². The summed E-state index contributed by atoms with van der Waals surface area (Å²) in [5.74, 6) is 0.650. The molecule has 0 saturated carbocycles. The molecule has 3 rings (SSSR count). The maximum atomic E-state index is 8.92. The van der Waals surface area contributed by atoms with Gasteiger partial charge in [0.25, 0.3) is 0 Å². The second-order valence-corrected chi connectivity index (χ2v) is 5.99. The van der Waals surface area contributed by atoms with Gasteiger partial charge in [-0.1, -0.05) is 0 Å². The average molecular weight is 377 g/mol. The van der Waals surface area contributed by atoms with Gasteiger partial charge >= 0.3 is 0 Å². The highest BCUT2D eigenvalue weighted by atomic mass is 79.9. The number of pyridine rings is 1. The van der Waals surface area contributed by atoms with Gasteiger partial charge in [0.05, 0.1) is 10.7 Å². The van der Waals surface area contributed by atoms with E-state index in [9.17, 15) is 0 Å². The number of unbranched alkanes of at least 4 members (excludes halogenated alkanes) is 1. The van der Waals surface area contributed by atoms with E-state index in [2.05, 4.69) is 31.0 Å². The summed E-state index contributed by atoms with van der Waals surface area (Å²) in [5.41, 5.74) is 2.70. The van der Waals surface area contributed by atoms with Gasteiger partial charge in [0, 0.05) is 30.8 Å². The van der Waals surface area contributed by atoms with Crippen molar-refractivity contribution in [2.45, 2.75) is 25.9 Å². The van der Waals surface area contributed by atoms with Crippen molar-refractivity contribution in [1.82, 2.24) is 19.6 Å². The minimum absolute atomic E-state index is 0.198. The van der Waals surface area contributed by atoms with Crippen LogP contribution in [0.2, 0.25) is 0 Å². The fourth-order valence-electron chi connectivity index (χ4n) is 2.24. The largest absolute Gasteiger partial charge is 0.473 e. The zero-order valence-electron chi connectivity index (χ0n) is 12.5. The minimum atomic E-state index is 0.198. The van der Waals surface area contributed by atoms with Gasteiger partial charge in [0.1, 0.15) is 6.61 Å². The van der Waals surface area contributed by atoms with Crippen molar-refractivity contribution in [2.24, 2.45) is 0 Å². The molecule has 0 amide bonds. The van der Waals surface area contributed by atoms with Gasteiger partial charge in [-0.2, -0.15) is 9.61 Å². The van der Waals surface area contributed by atoms with Crippen molar-refractivity contribution < 1.29 is 9.84 Å². The van der Waals surface area contributed by atoms with Crippen LogP contribution in [-0.2, 0) is 13.0 Å². The van der Waals surface area contributed by atoms with E-state index < -0.39 is 0 Å². The van der Waals surface area contributed by atoms with Crippen LogP contribution in [0.1, 0.15) is 24.1 Å². The minimum Gasteiger partial charge on any atom is -0.473 e. The molecular weight excluding hydrogens is 360 g/mol. The molecule has 0 saturated heterocycles. The summed E-state index contributed by atoms with van der Waals surface area (Å²) in [6.45, 7) is 0.638. The van der Waals surface area contributed by atoms with Gasteiger partial charge in [-0.25, -0.2) is 4.98 Å². The second-order valence-electron chi connectivity index (χ2n) is 5.14. The lowest BCUT2D eigenvalue weighted by Gasteiger charge is -2.10. The molecule has 120 valence electrons. The summed E-state index contributed by atoms with van der Waals surface area (Å²) < 4.78 is 8.44. The smallest absolute Gasteiger partial charge is 0.218 e. The third-order valence-corrected chi connectivity index (χ3v) is 3.99. The van der Waals surface area contributed by atoms with Gasteiger partial charge in [-0.05, 0) is 52.9 Å². The third kappa shape index (κ3) is 3.86. The van der Waals surface area contributed by atoms with Crippen LogP contribution in [0, 0.1) is 0 Å². The number of rotatable bonds is 7. The van der Waals surface area contributed by atoms with Crippen molar-refractivity contribution in [3.05, 3.63) is 52.5 Å². The third-order valence-electron chi connectivity index (χ3n) is 3.43.